The van der Waals surface area contributed by atoms with Crippen LogP contribution in [0, 0.1) is 0 Å². The number of imidazole rings is 1. The predicted molar refractivity (Wildman–Crippen MR) is 53.6 cm³/mol. The van der Waals surface area contributed by atoms with Crippen LogP contribution in [0.1, 0.15) is 5.56 Å². The first-order valence-corrected chi connectivity index (χ1v) is 4.58. The minimum absolute atomic E-state index is 0.536. The van der Waals surface area contributed by atoms with Crippen molar-refractivity contribution in [3.8, 4) is 11.4 Å². The van der Waals surface area contributed by atoms with Crippen molar-refractivity contribution in [1.29, 1.82) is 0 Å². The lowest BCUT2D eigenvalue weighted by Crippen LogP contribution is -1.82. The van der Waals surface area contributed by atoms with Crippen molar-refractivity contribution in [2.45, 2.75) is 5.88 Å². The highest BCUT2D eigenvalue weighted by molar-refractivity contribution is 6.17. The van der Waals surface area contributed by atoms with Gasteiger partial charge in [0.25, 0.3) is 0 Å². The molecule has 0 radical (unpaired) electrons. The Morgan fingerprint density at radius 1 is 1.38 bits per heavy atom. The van der Waals surface area contributed by atoms with Gasteiger partial charge in [0.2, 0.25) is 0 Å². The fourth-order valence-electron chi connectivity index (χ4n) is 1.22. The first-order valence-electron chi connectivity index (χ1n) is 4.05. The third-order valence-corrected chi connectivity index (χ3v) is 2.16. The van der Waals surface area contributed by atoms with Gasteiger partial charge in [-0.25, -0.2) is 4.98 Å². The van der Waals surface area contributed by atoms with Gasteiger partial charge in [-0.1, -0.05) is 18.2 Å². The number of halogens is 1. The molecule has 0 atom stereocenters. The summed E-state index contributed by atoms with van der Waals surface area (Å²) in [5.74, 6) is 1.42. The minimum atomic E-state index is 0.536. The van der Waals surface area contributed by atoms with Crippen LogP contribution in [0.5, 0.6) is 0 Å². The lowest BCUT2D eigenvalue weighted by Gasteiger charge is -1.98. The summed E-state index contributed by atoms with van der Waals surface area (Å²) in [6.07, 6.45) is 3.55. The second-order valence-electron chi connectivity index (χ2n) is 2.77. The van der Waals surface area contributed by atoms with Gasteiger partial charge in [-0.3, -0.25) is 0 Å². The molecule has 0 aliphatic rings. The summed E-state index contributed by atoms with van der Waals surface area (Å²) >= 11 is 5.73. The highest BCUT2D eigenvalue weighted by Gasteiger charge is 1.99. The number of aromatic amines is 1. The first-order chi connectivity index (χ1) is 6.40. The summed E-state index contributed by atoms with van der Waals surface area (Å²) in [6.45, 7) is 0. The minimum Gasteiger partial charge on any atom is -0.345 e. The molecule has 0 spiro atoms. The van der Waals surface area contributed by atoms with Crippen LogP contribution in [-0.4, -0.2) is 9.97 Å². The molecule has 1 heterocycles. The van der Waals surface area contributed by atoms with Gasteiger partial charge in [0, 0.05) is 23.8 Å². The van der Waals surface area contributed by atoms with E-state index in [0.717, 1.165) is 17.0 Å². The number of nitrogens with one attached hydrogen (secondary N) is 1. The van der Waals surface area contributed by atoms with Gasteiger partial charge in [0.15, 0.2) is 0 Å². The number of alkyl halides is 1. The number of hydrogen-bond donors (Lipinski definition) is 1. The van der Waals surface area contributed by atoms with Crippen LogP contribution < -0.4 is 0 Å². The van der Waals surface area contributed by atoms with Crippen molar-refractivity contribution in [2.75, 3.05) is 0 Å². The fraction of sp³-hybridized carbons (Fsp3) is 0.100. The summed E-state index contributed by atoms with van der Waals surface area (Å²) in [6, 6.07) is 8.02. The molecule has 0 bridgehead atoms. The molecule has 1 N–H and O–H groups in total. The normalized spacial score (nSPS) is 10.2. The Morgan fingerprint density at radius 2 is 2.31 bits per heavy atom. The second kappa shape index (κ2) is 3.62. The summed E-state index contributed by atoms with van der Waals surface area (Å²) < 4.78 is 0. The molecule has 0 saturated carbocycles. The largest absolute Gasteiger partial charge is 0.345 e. The van der Waals surface area contributed by atoms with Crippen LogP contribution in [0.3, 0.4) is 0 Å². The van der Waals surface area contributed by atoms with E-state index in [9.17, 15) is 0 Å². The van der Waals surface area contributed by atoms with E-state index in [1.165, 1.54) is 0 Å². The van der Waals surface area contributed by atoms with Crippen molar-refractivity contribution < 1.29 is 0 Å². The van der Waals surface area contributed by atoms with Crippen molar-refractivity contribution in [3.63, 3.8) is 0 Å². The van der Waals surface area contributed by atoms with Crippen molar-refractivity contribution in [1.82, 2.24) is 9.97 Å². The lowest BCUT2D eigenvalue weighted by atomic mass is 10.1. The molecule has 0 fully saturated rings. The number of benzene rings is 1. The molecule has 0 amide bonds. The monoisotopic (exact) mass is 192 g/mol. The maximum Gasteiger partial charge on any atom is 0.137 e. The van der Waals surface area contributed by atoms with E-state index in [1.807, 2.05) is 30.5 Å². The van der Waals surface area contributed by atoms with E-state index in [-0.39, 0.29) is 0 Å². The van der Waals surface area contributed by atoms with E-state index in [4.69, 9.17) is 11.6 Å². The van der Waals surface area contributed by atoms with Gasteiger partial charge in [-0.15, -0.1) is 11.6 Å². The Balaban J connectivity index is 2.41. The molecule has 3 heteroatoms. The number of aromatic nitrogens is 2. The van der Waals surface area contributed by atoms with Crippen LogP contribution in [0.25, 0.3) is 11.4 Å². The van der Waals surface area contributed by atoms with Crippen LogP contribution in [0.15, 0.2) is 36.7 Å². The van der Waals surface area contributed by atoms with Gasteiger partial charge >= 0.3 is 0 Å². The highest BCUT2D eigenvalue weighted by Crippen LogP contribution is 2.16. The zero-order valence-electron chi connectivity index (χ0n) is 7.00. The molecule has 2 aromatic rings. The number of nitrogens with zero attached hydrogens (tertiary/aromatic N) is 1. The van der Waals surface area contributed by atoms with Crippen molar-refractivity contribution in [3.05, 3.63) is 42.2 Å². The predicted octanol–water partition coefficient (Wildman–Crippen LogP) is 2.82. The molecule has 1 aromatic carbocycles. The highest BCUT2D eigenvalue weighted by atomic mass is 35.5. The molecule has 0 unspecified atom stereocenters. The first kappa shape index (κ1) is 8.32. The number of H-pyrrole nitrogens is 1. The Bertz CT molecular complexity index is 382. The molecule has 0 aliphatic heterocycles. The third kappa shape index (κ3) is 1.73. The Labute approximate surface area is 81.6 Å². The topological polar surface area (TPSA) is 28.7 Å². The standard InChI is InChI=1S/C10H9ClN2/c11-7-8-2-1-3-9(6-8)10-12-4-5-13-10/h1-6H,7H2,(H,12,13). The zero-order valence-corrected chi connectivity index (χ0v) is 7.75. The molecule has 2 nitrogen and oxygen atoms in total. The second-order valence-corrected chi connectivity index (χ2v) is 3.04. The van der Waals surface area contributed by atoms with Gasteiger partial charge < -0.3 is 4.98 Å². The number of hydrogen-bond acceptors (Lipinski definition) is 1. The van der Waals surface area contributed by atoms with E-state index in [2.05, 4.69) is 9.97 Å². The molecular weight excluding hydrogens is 184 g/mol. The number of rotatable bonds is 2. The summed E-state index contributed by atoms with van der Waals surface area (Å²) in [5, 5.41) is 0. The van der Waals surface area contributed by atoms with Crippen LogP contribution >= 0.6 is 11.6 Å². The lowest BCUT2D eigenvalue weighted by molar-refractivity contribution is 1.29. The van der Waals surface area contributed by atoms with E-state index >= 15 is 0 Å². The Morgan fingerprint density at radius 3 is 3.00 bits per heavy atom. The maximum atomic E-state index is 5.73. The van der Waals surface area contributed by atoms with Crippen LogP contribution in [-0.2, 0) is 5.88 Å². The van der Waals surface area contributed by atoms with E-state index in [0.29, 0.717) is 5.88 Å². The molecular formula is C10H9ClN2. The smallest absolute Gasteiger partial charge is 0.137 e. The summed E-state index contributed by atoms with van der Waals surface area (Å²) in [7, 11) is 0. The van der Waals surface area contributed by atoms with Gasteiger partial charge in [-0.05, 0) is 11.6 Å². The van der Waals surface area contributed by atoms with Gasteiger partial charge in [0.05, 0.1) is 0 Å². The molecule has 13 heavy (non-hydrogen) atoms. The summed E-state index contributed by atoms with van der Waals surface area (Å²) in [5.41, 5.74) is 2.18. The quantitative estimate of drug-likeness (QED) is 0.729. The maximum absolute atomic E-state index is 5.73. The Hall–Kier alpha value is -1.28. The SMILES string of the molecule is ClCc1cccc(-c2ncc[nH]2)c1. The van der Waals surface area contributed by atoms with E-state index < -0.39 is 0 Å². The fourth-order valence-corrected chi connectivity index (χ4v) is 1.39. The molecule has 2 rings (SSSR count). The summed E-state index contributed by atoms with van der Waals surface area (Å²) in [4.78, 5) is 7.21. The van der Waals surface area contributed by atoms with Crippen molar-refractivity contribution >= 4 is 11.6 Å². The van der Waals surface area contributed by atoms with Gasteiger partial charge in [-0.2, -0.15) is 0 Å². The molecule has 0 aliphatic carbocycles. The molecule has 66 valence electrons. The van der Waals surface area contributed by atoms with E-state index in [1.54, 1.807) is 6.20 Å². The van der Waals surface area contributed by atoms with Crippen molar-refractivity contribution in [2.24, 2.45) is 0 Å². The molecule has 0 saturated heterocycles. The average molecular weight is 193 g/mol. The van der Waals surface area contributed by atoms with Crippen LogP contribution in [0.2, 0.25) is 0 Å². The van der Waals surface area contributed by atoms with Crippen LogP contribution in [0.4, 0.5) is 0 Å². The zero-order chi connectivity index (χ0) is 9.10. The Kier molecular flexibility index (Phi) is 2.32. The van der Waals surface area contributed by atoms with Gasteiger partial charge in [0.1, 0.15) is 5.82 Å². The average Bonchev–Trinajstić information content (AvgIpc) is 2.71. The molecule has 1 aromatic heterocycles. The third-order valence-electron chi connectivity index (χ3n) is 1.85.